The van der Waals surface area contributed by atoms with E-state index in [4.69, 9.17) is 51.6 Å². The molecule has 0 radical (unpaired) electrons. The zero-order chi connectivity index (χ0) is 73.2. The number of amides is 7. The minimum absolute atomic E-state index is 0.0447. The Morgan fingerprint density at radius 3 is 1.85 bits per heavy atom. The maximum absolute atomic E-state index is 16.2. The molecule has 0 saturated carbocycles. The summed E-state index contributed by atoms with van der Waals surface area (Å²) in [5.41, 5.74) is -1.86. The molecule has 6 heterocycles. The van der Waals surface area contributed by atoms with Crippen LogP contribution in [0.25, 0.3) is 11.1 Å². The number of aromatic hydroxyl groups is 5. The van der Waals surface area contributed by atoms with E-state index >= 15 is 24.0 Å². The predicted octanol–water partition coefficient (Wildman–Crippen LogP) is 6.55. The number of aliphatic carboxylic acids is 1. The standard InChI is InChI=1S/C71H59Cl2N7O23/c1-98-70(96)59-41-27-38(83)28-47(86)54(41)40-21-32(8-11-45(40)84)55-65(90)79-60(68(93)78-59)61(87)34-10-14-49(43(73)22-34)102-53-25-36-24-52(62(53)103-50(15-16-81)69(94)95)101-48-13-7-31(17-42(48)72)18-44-63(88)75-57(66(91)77-58(36)67(92)76-55)35-19-37(82)26-39(20-35)100-51-23-33(9-12-46(51)85)56(64(89)74-44)80-71(97)99-29-30-5-3-2-4-6-30/h2-14,17,19-28,44,50,55-61,81-87H,15-16,18,29H2,1H3,(H,74,89)(H,75,88)(H,76,92)(H,77,91)(H,78,93)(H,79,90)(H,80,97)(H,94,95)/t44-,50?,55-,56-,57+,58-,59-,60+,61-/m1/s1. The van der Waals surface area contributed by atoms with Crippen LogP contribution in [0.2, 0.25) is 10.0 Å². The number of benzene rings is 8. The number of methoxy groups -OCH3 is 1. The number of carboxylic acid groups (broad SMARTS) is 1. The Morgan fingerprint density at radius 2 is 1.18 bits per heavy atom. The molecule has 9 atom stereocenters. The second-order valence-electron chi connectivity index (χ2n) is 23.9. The maximum Gasteiger partial charge on any atom is 0.408 e. The van der Waals surface area contributed by atoms with Gasteiger partial charge in [0, 0.05) is 48.3 Å². The number of nitrogens with one attached hydrogen (secondary N) is 7. The first kappa shape index (κ1) is 70.4. The number of hydrogen-bond acceptors (Lipinski definition) is 22. The fraction of sp³-hybridized carbons (Fsp3) is 0.197. The van der Waals surface area contributed by atoms with Crippen molar-refractivity contribution in [1.82, 2.24) is 37.2 Å². The summed E-state index contributed by atoms with van der Waals surface area (Å²) < 4.78 is 35.8. The van der Waals surface area contributed by atoms with Crippen LogP contribution < -0.4 is 56.2 Å². The molecule has 0 aromatic heterocycles. The minimum Gasteiger partial charge on any atom is -0.508 e. The fourth-order valence-corrected chi connectivity index (χ4v) is 12.4. The molecule has 0 aliphatic carbocycles. The number of carbonyl (C=O) groups excluding carboxylic acids is 8. The van der Waals surface area contributed by atoms with E-state index in [1.165, 1.54) is 36.4 Å². The topological polar surface area (TPSA) is 455 Å². The highest BCUT2D eigenvalue weighted by atomic mass is 35.5. The quantitative estimate of drug-likeness (QED) is 0.0681. The average Bonchev–Trinajstić information content (AvgIpc) is 0.769. The van der Waals surface area contributed by atoms with Gasteiger partial charge in [-0.15, -0.1) is 0 Å². The van der Waals surface area contributed by atoms with Gasteiger partial charge in [0.15, 0.2) is 35.1 Å². The Kier molecular flexibility index (Phi) is 20.1. The van der Waals surface area contributed by atoms with Gasteiger partial charge in [-0.2, -0.15) is 0 Å². The number of alkyl carbamates (subject to hydrolysis) is 1. The molecule has 14 rings (SSSR count). The molecule has 7 amide bonds. The number of carbonyl (C=O) groups is 9. The first-order chi connectivity index (χ1) is 49.3. The molecule has 17 bridgehead atoms. The van der Waals surface area contributed by atoms with Crippen LogP contribution in [0.4, 0.5) is 4.79 Å². The Morgan fingerprint density at radius 1 is 0.573 bits per heavy atom. The first-order valence-electron chi connectivity index (χ1n) is 31.2. The Balaban J connectivity index is 1.08. The third kappa shape index (κ3) is 15.0. The number of rotatable bonds is 9. The summed E-state index contributed by atoms with van der Waals surface area (Å²) in [6.07, 6.45) is -6.33. The number of halogens is 2. The molecule has 1 unspecified atom stereocenters. The van der Waals surface area contributed by atoms with E-state index in [0.717, 1.165) is 86.0 Å². The second-order valence-corrected chi connectivity index (χ2v) is 24.7. The lowest BCUT2D eigenvalue weighted by Crippen LogP contribution is -2.55. The van der Waals surface area contributed by atoms with Crippen LogP contribution in [-0.2, 0) is 60.9 Å². The maximum atomic E-state index is 16.2. The number of hydrogen-bond donors (Lipinski definition) is 15. The van der Waals surface area contributed by atoms with Crippen molar-refractivity contribution in [2.45, 2.75) is 73.9 Å². The summed E-state index contributed by atoms with van der Waals surface area (Å²) in [7, 11) is 0.941. The molecule has 103 heavy (non-hydrogen) atoms. The molecule has 6 aliphatic rings. The van der Waals surface area contributed by atoms with E-state index in [9.17, 15) is 60.0 Å². The van der Waals surface area contributed by atoms with Gasteiger partial charge in [-0.3, -0.25) is 28.8 Å². The molecular formula is C71H59Cl2N7O23. The summed E-state index contributed by atoms with van der Waals surface area (Å²) in [6.45, 7) is -1.03. The van der Waals surface area contributed by atoms with Crippen LogP contribution >= 0.6 is 23.2 Å². The largest absolute Gasteiger partial charge is 0.508 e. The highest BCUT2D eigenvalue weighted by Crippen LogP contribution is 2.49. The smallest absolute Gasteiger partial charge is 0.408 e. The third-order valence-electron chi connectivity index (χ3n) is 17.0. The van der Waals surface area contributed by atoms with Crippen LogP contribution in [-0.4, -0.2) is 126 Å². The SMILES string of the molecule is COC(=O)[C@@H]1NC(=O)[C@H]2NC(=O)[C@H](NC(=O)[C@@H]3NC(=O)[C@H]4NC(=O)[C@@H](Cc5ccc(c(Cl)c5)Oc5cc3cc(c5OC(CCO)C(=O)O)Oc3ccc(cc3Cl)[C@H]2O)NC(=O)[C@H](NC(=O)OCc2ccccc2)c2ccc(O)c(c2)Oc2cc(O)cc4c2)c2ccc(O)c(c2)-c2c(O)cc(O)cc21. The molecule has 6 aliphatic heterocycles. The Hall–Kier alpha value is -12.5. The predicted molar refractivity (Wildman–Crippen MR) is 357 cm³/mol. The van der Waals surface area contributed by atoms with E-state index in [1.807, 2.05) is 0 Å². The molecule has 0 saturated heterocycles. The van der Waals surface area contributed by atoms with Crippen LogP contribution in [0.5, 0.6) is 69.0 Å². The van der Waals surface area contributed by atoms with Crippen molar-refractivity contribution in [3.63, 3.8) is 0 Å². The highest BCUT2D eigenvalue weighted by Gasteiger charge is 2.42. The lowest BCUT2D eigenvalue weighted by molar-refractivity contribution is -0.146. The molecule has 30 nitrogen and oxygen atoms in total. The molecule has 32 heteroatoms. The van der Waals surface area contributed by atoms with Gasteiger partial charge in [0.1, 0.15) is 89.2 Å². The van der Waals surface area contributed by atoms with Crippen molar-refractivity contribution in [2.75, 3.05) is 13.7 Å². The minimum atomic E-state index is -2.32. The second kappa shape index (κ2) is 29.4. The van der Waals surface area contributed by atoms with Gasteiger partial charge in [-0.25, -0.2) is 14.4 Å². The molecule has 530 valence electrons. The highest BCUT2D eigenvalue weighted by molar-refractivity contribution is 6.32. The summed E-state index contributed by atoms with van der Waals surface area (Å²) in [5, 5.41) is 107. The molecule has 0 fully saturated rings. The lowest BCUT2D eigenvalue weighted by Gasteiger charge is -2.31. The zero-order valence-corrected chi connectivity index (χ0v) is 54.9. The lowest BCUT2D eigenvalue weighted by atomic mass is 9.89. The summed E-state index contributed by atoms with van der Waals surface area (Å²) >= 11 is 14.1. The van der Waals surface area contributed by atoms with Crippen molar-refractivity contribution < 1.29 is 112 Å². The van der Waals surface area contributed by atoms with Gasteiger partial charge < -0.3 is 106 Å². The van der Waals surface area contributed by atoms with Gasteiger partial charge in [-0.1, -0.05) is 77.8 Å². The average molecular weight is 1450 g/mol. The number of aliphatic hydroxyl groups is 2. The number of phenolic OH excluding ortho intramolecular Hbond substituents is 5. The molecule has 0 spiro atoms. The number of esters is 1. The normalized spacial score (nSPS) is 20.3. The first-order valence-corrected chi connectivity index (χ1v) is 32.0. The van der Waals surface area contributed by atoms with Crippen LogP contribution in [0, 0.1) is 0 Å². The van der Waals surface area contributed by atoms with Gasteiger partial charge in [0.2, 0.25) is 41.2 Å². The number of fused-ring (bicyclic) bond motifs is 14. The van der Waals surface area contributed by atoms with E-state index in [0.29, 0.717) is 5.56 Å². The fourth-order valence-electron chi connectivity index (χ4n) is 11.9. The van der Waals surface area contributed by atoms with Gasteiger partial charge in [-0.05, 0) is 118 Å². The van der Waals surface area contributed by atoms with Crippen LogP contribution in [0.15, 0.2) is 146 Å². The van der Waals surface area contributed by atoms with Gasteiger partial charge in [0.05, 0.1) is 17.2 Å². The third-order valence-corrected chi connectivity index (χ3v) is 17.6. The molecular weight excluding hydrogens is 1390 g/mol. The number of phenols is 5. The molecule has 8 aromatic rings. The van der Waals surface area contributed by atoms with Crippen molar-refractivity contribution in [3.8, 4) is 80.1 Å². The molecule has 8 aromatic carbocycles. The Bertz CT molecular complexity index is 4790. The van der Waals surface area contributed by atoms with Crippen molar-refractivity contribution in [3.05, 3.63) is 200 Å². The number of aliphatic hydroxyl groups excluding tert-OH is 2. The van der Waals surface area contributed by atoms with Gasteiger partial charge >= 0.3 is 18.0 Å². The van der Waals surface area contributed by atoms with Crippen molar-refractivity contribution >= 4 is 76.7 Å². The summed E-state index contributed by atoms with van der Waals surface area (Å²) in [4.78, 5) is 134. The van der Waals surface area contributed by atoms with E-state index in [1.54, 1.807) is 30.3 Å². The Labute approximate surface area is 591 Å². The summed E-state index contributed by atoms with van der Waals surface area (Å²) in [6, 6.07) is 15.3. The van der Waals surface area contributed by atoms with E-state index in [2.05, 4.69) is 37.2 Å². The van der Waals surface area contributed by atoms with E-state index in [-0.39, 0.29) is 62.4 Å². The van der Waals surface area contributed by atoms with E-state index < -0.39 is 201 Å². The van der Waals surface area contributed by atoms with Crippen LogP contribution in [0.3, 0.4) is 0 Å². The number of ether oxygens (including phenoxy) is 6. The monoisotopic (exact) mass is 1450 g/mol. The van der Waals surface area contributed by atoms with Crippen molar-refractivity contribution in [2.24, 2.45) is 0 Å². The van der Waals surface area contributed by atoms with Crippen LogP contribution in [0.1, 0.15) is 87.2 Å². The number of carboxylic acids is 1. The molecule has 15 N–H and O–H groups in total. The summed E-state index contributed by atoms with van der Waals surface area (Å²) in [5.74, 6) is -17.0. The van der Waals surface area contributed by atoms with Gasteiger partial charge in [0.25, 0.3) is 0 Å². The zero-order valence-electron chi connectivity index (χ0n) is 53.3. The van der Waals surface area contributed by atoms with Crippen molar-refractivity contribution in [1.29, 1.82) is 0 Å².